The molecule has 0 aliphatic carbocycles. The van der Waals surface area contributed by atoms with Crippen LogP contribution in [0.2, 0.25) is 5.02 Å². The van der Waals surface area contributed by atoms with E-state index in [1.807, 2.05) is 48.7 Å². The molecular weight excluding hydrogens is 276 g/mol. The Morgan fingerprint density at radius 1 is 1.05 bits per heavy atom. The summed E-state index contributed by atoms with van der Waals surface area (Å²) in [7, 11) is 0. The van der Waals surface area contributed by atoms with Gasteiger partial charge in [0, 0.05) is 17.4 Å². The molecule has 0 amide bonds. The Kier molecular flexibility index (Phi) is 5.06. The SMILES string of the molecule is CSC(=O)CC(c1ccccc1)c1ccc(Cl)cc1. The van der Waals surface area contributed by atoms with Crippen molar-refractivity contribution in [1.82, 2.24) is 0 Å². The van der Waals surface area contributed by atoms with Crippen LogP contribution in [0.25, 0.3) is 0 Å². The third-order valence-electron chi connectivity index (χ3n) is 3.07. The van der Waals surface area contributed by atoms with Gasteiger partial charge in [-0.1, -0.05) is 65.8 Å². The number of carbonyl (C=O) groups excluding carboxylic acids is 1. The fourth-order valence-electron chi connectivity index (χ4n) is 2.06. The Balaban J connectivity index is 2.34. The minimum absolute atomic E-state index is 0.0958. The third-order valence-corrected chi connectivity index (χ3v) is 3.95. The Labute approximate surface area is 123 Å². The molecule has 0 aliphatic rings. The van der Waals surface area contributed by atoms with Gasteiger partial charge in [0.15, 0.2) is 5.12 Å². The first-order valence-corrected chi connectivity index (χ1v) is 7.68. The molecule has 98 valence electrons. The summed E-state index contributed by atoms with van der Waals surface area (Å²) < 4.78 is 0. The van der Waals surface area contributed by atoms with Gasteiger partial charge >= 0.3 is 0 Å². The Morgan fingerprint density at radius 3 is 2.21 bits per heavy atom. The van der Waals surface area contributed by atoms with Crippen molar-refractivity contribution in [2.75, 3.05) is 6.26 Å². The molecule has 0 fully saturated rings. The summed E-state index contributed by atoms with van der Waals surface area (Å²) in [5.74, 6) is 0.0958. The molecule has 1 unspecified atom stereocenters. The number of hydrogen-bond acceptors (Lipinski definition) is 2. The van der Waals surface area contributed by atoms with E-state index in [0.717, 1.165) is 11.1 Å². The summed E-state index contributed by atoms with van der Waals surface area (Å²) in [6.07, 6.45) is 2.33. The maximum atomic E-state index is 11.8. The molecule has 3 heteroatoms. The molecule has 0 N–H and O–H groups in total. The van der Waals surface area contributed by atoms with Gasteiger partial charge in [-0.05, 0) is 29.5 Å². The number of benzene rings is 2. The van der Waals surface area contributed by atoms with Gasteiger partial charge in [-0.15, -0.1) is 0 Å². The predicted molar refractivity (Wildman–Crippen MR) is 82.9 cm³/mol. The van der Waals surface area contributed by atoms with Gasteiger partial charge in [-0.25, -0.2) is 0 Å². The summed E-state index contributed by atoms with van der Waals surface area (Å²) in [4.78, 5) is 11.8. The molecule has 0 radical (unpaired) electrons. The number of thioether (sulfide) groups is 1. The maximum absolute atomic E-state index is 11.8. The van der Waals surface area contributed by atoms with Crippen LogP contribution in [0.15, 0.2) is 54.6 Å². The second-order valence-corrected chi connectivity index (χ2v) is 5.60. The smallest absolute Gasteiger partial charge is 0.189 e. The van der Waals surface area contributed by atoms with Crippen molar-refractivity contribution in [3.8, 4) is 0 Å². The van der Waals surface area contributed by atoms with Crippen LogP contribution in [0.1, 0.15) is 23.5 Å². The summed E-state index contributed by atoms with van der Waals surface area (Å²) in [5, 5.41) is 0.913. The fourth-order valence-corrected chi connectivity index (χ4v) is 2.52. The molecule has 0 aromatic heterocycles. The Hall–Kier alpha value is -1.25. The zero-order valence-electron chi connectivity index (χ0n) is 10.7. The topological polar surface area (TPSA) is 17.1 Å². The van der Waals surface area contributed by atoms with Gasteiger partial charge in [0.25, 0.3) is 0 Å². The van der Waals surface area contributed by atoms with Crippen molar-refractivity contribution in [1.29, 1.82) is 0 Å². The number of rotatable bonds is 4. The van der Waals surface area contributed by atoms with E-state index in [2.05, 4.69) is 12.1 Å². The van der Waals surface area contributed by atoms with Gasteiger partial charge in [0.2, 0.25) is 0 Å². The molecule has 0 saturated heterocycles. The van der Waals surface area contributed by atoms with E-state index < -0.39 is 0 Å². The Bertz CT molecular complexity index is 536. The van der Waals surface area contributed by atoms with Crippen molar-refractivity contribution in [2.24, 2.45) is 0 Å². The van der Waals surface area contributed by atoms with Crippen LogP contribution in [-0.2, 0) is 4.79 Å². The van der Waals surface area contributed by atoms with E-state index in [1.54, 1.807) is 0 Å². The molecule has 1 atom stereocenters. The third kappa shape index (κ3) is 3.85. The van der Waals surface area contributed by atoms with Gasteiger partial charge in [-0.2, -0.15) is 0 Å². The second kappa shape index (κ2) is 6.78. The van der Waals surface area contributed by atoms with E-state index in [-0.39, 0.29) is 11.0 Å². The van der Waals surface area contributed by atoms with Crippen LogP contribution in [0.5, 0.6) is 0 Å². The lowest BCUT2D eigenvalue weighted by molar-refractivity contribution is -0.111. The van der Waals surface area contributed by atoms with Gasteiger partial charge in [0.05, 0.1) is 0 Å². The molecule has 0 saturated carbocycles. The standard InChI is InChI=1S/C16H15ClOS/c1-19-16(18)11-15(12-5-3-2-4-6-12)13-7-9-14(17)10-8-13/h2-10,15H,11H2,1H3. The van der Waals surface area contributed by atoms with Crippen molar-refractivity contribution in [3.05, 3.63) is 70.7 Å². The summed E-state index contributed by atoms with van der Waals surface area (Å²) >= 11 is 7.20. The van der Waals surface area contributed by atoms with Gasteiger partial charge in [0.1, 0.15) is 0 Å². The van der Waals surface area contributed by atoms with Crippen LogP contribution < -0.4 is 0 Å². The van der Waals surface area contributed by atoms with Crippen LogP contribution in [0, 0.1) is 0 Å². The molecule has 0 spiro atoms. The molecule has 2 rings (SSSR count). The average molecular weight is 291 g/mol. The minimum Gasteiger partial charge on any atom is -0.287 e. The monoisotopic (exact) mass is 290 g/mol. The number of hydrogen-bond donors (Lipinski definition) is 0. The highest BCUT2D eigenvalue weighted by Crippen LogP contribution is 2.30. The van der Waals surface area contributed by atoms with E-state index in [1.165, 1.54) is 11.8 Å². The average Bonchev–Trinajstić information content (AvgIpc) is 2.46. The van der Waals surface area contributed by atoms with E-state index in [0.29, 0.717) is 11.4 Å². The highest BCUT2D eigenvalue weighted by molar-refractivity contribution is 8.13. The van der Waals surface area contributed by atoms with Gasteiger partial charge in [-0.3, -0.25) is 4.79 Å². The Morgan fingerprint density at radius 2 is 1.63 bits per heavy atom. The highest BCUT2D eigenvalue weighted by atomic mass is 35.5. The summed E-state index contributed by atoms with van der Waals surface area (Å²) in [5.41, 5.74) is 2.28. The zero-order chi connectivity index (χ0) is 13.7. The molecule has 2 aromatic rings. The van der Waals surface area contributed by atoms with E-state index in [9.17, 15) is 4.79 Å². The zero-order valence-corrected chi connectivity index (χ0v) is 12.2. The lowest BCUT2D eigenvalue weighted by atomic mass is 9.89. The first-order chi connectivity index (χ1) is 9.20. The highest BCUT2D eigenvalue weighted by Gasteiger charge is 2.17. The van der Waals surface area contributed by atoms with E-state index in [4.69, 9.17) is 11.6 Å². The molecular formula is C16H15ClOS. The normalized spacial score (nSPS) is 12.1. The molecule has 0 bridgehead atoms. The maximum Gasteiger partial charge on any atom is 0.189 e. The van der Waals surface area contributed by atoms with Crippen molar-refractivity contribution >= 4 is 28.5 Å². The second-order valence-electron chi connectivity index (χ2n) is 4.30. The molecule has 2 aromatic carbocycles. The predicted octanol–water partition coefficient (Wildman–Crippen LogP) is 4.75. The van der Waals surface area contributed by atoms with Crippen LogP contribution in [0.3, 0.4) is 0 Å². The largest absolute Gasteiger partial charge is 0.287 e. The van der Waals surface area contributed by atoms with E-state index >= 15 is 0 Å². The lowest BCUT2D eigenvalue weighted by Gasteiger charge is -2.17. The lowest BCUT2D eigenvalue weighted by Crippen LogP contribution is -2.06. The molecule has 19 heavy (non-hydrogen) atoms. The minimum atomic E-state index is 0.0958. The molecule has 1 nitrogen and oxygen atoms in total. The van der Waals surface area contributed by atoms with Crippen LogP contribution in [-0.4, -0.2) is 11.4 Å². The molecule has 0 aliphatic heterocycles. The first kappa shape index (κ1) is 14.2. The summed E-state index contributed by atoms with van der Waals surface area (Å²) in [6.45, 7) is 0. The van der Waals surface area contributed by atoms with Crippen LogP contribution >= 0.6 is 23.4 Å². The van der Waals surface area contributed by atoms with Gasteiger partial charge < -0.3 is 0 Å². The summed E-state index contributed by atoms with van der Waals surface area (Å²) in [6, 6.07) is 17.8. The van der Waals surface area contributed by atoms with Crippen molar-refractivity contribution in [3.63, 3.8) is 0 Å². The quantitative estimate of drug-likeness (QED) is 0.808. The van der Waals surface area contributed by atoms with Crippen molar-refractivity contribution in [2.45, 2.75) is 12.3 Å². The number of halogens is 1. The van der Waals surface area contributed by atoms with Crippen LogP contribution in [0.4, 0.5) is 0 Å². The van der Waals surface area contributed by atoms with Crippen molar-refractivity contribution < 1.29 is 4.79 Å². The first-order valence-electron chi connectivity index (χ1n) is 6.08. The number of carbonyl (C=O) groups is 1. The fraction of sp³-hybridized carbons (Fsp3) is 0.188. The molecule has 0 heterocycles.